The number of hydrogen-bond acceptors (Lipinski definition) is 1. The summed E-state index contributed by atoms with van der Waals surface area (Å²) in [5.74, 6) is 0. The highest BCUT2D eigenvalue weighted by atomic mass is 35.5. The molecule has 1 unspecified atom stereocenters. The molecule has 0 aromatic heterocycles. The third-order valence-corrected chi connectivity index (χ3v) is 3.84. The molecule has 0 aliphatic rings. The van der Waals surface area contributed by atoms with Crippen molar-refractivity contribution >= 4 is 11.6 Å². The summed E-state index contributed by atoms with van der Waals surface area (Å²) in [7, 11) is 0. The van der Waals surface area contributed by atoms with E-state index in [9.17, 15) is 0 Å². The van der Waals surface area contributed by atoms with Crippen LogP contribution in [0.25, 0.3) is 0 Å². The molecule has 0 spiro atoms. The average Bonchev–Trinajstić information content (AvgIpc) is 2.45. The quantitative estimate of drug-likeness (QED) is 0.794. The fraction of sp³-hybridized carbons (Fsp3) is 0.333. The van der Waals surface area contributed by atoms with Gasteiger partial charge in [-0.1, -0.05) is 66.6 Å². The lowest BCUT2D eigenvalue weighted by Crippen LogP contribution is -2.24. The molecule has 20 heavy (non-hydrogen) atoms. The zero-order chi connectivity index (χ0) is 14.4. The van der Waals surface area contributed by atoms with Crippen LogP contribution in [-0.2, 0) is 6.42 Å². The lowest BCUT2D eigenvalue weighted by molar-refractivity contribution is 0.529. The molecule has 0 aliphatic carbocycles. The van der Waals surface area contributed by atoms with Gasteiger partial charge in [0.25, 0.3) is 0 Å². The van der Waals surface area contributed by atoms with E-state index < -0.39 is 0 Å². The van der Waals surface area contributed by atoms with Crippen LogP contribution in [0.5, 0.6) is 0 Å². The number of rotatable bonds is 6. The number of hydrogen-bond donors (Lipinski definition) is 1. The Labute approximate surface area is 127 Å². The third-order valence-electron chi connectivity index (χ3n) is 3.47. The summed E-state index contributed by atoms with van der Waals surface area (Å²) in [5, 5.41) is 4.48. The van der Waals surface area contributed by atoms with E-state index in [0.29, 0.717) is 6.04 Å². The predicted octanol–water partition coefficient (Wildman–Crippen LogP) is 4.93. The van der Waals surface area contributed by atoms with Gasteiger partial charge in [0.05, 0.1) is 0 Å². The molecule has 0 saturated carbocycles. The van der Waals surface area contributed by atoms with Crippen LogP contribution in [0, 0.1) is 6.92 Å². The highest BCUT2D eigenvalue weighted by molar-refractivity contribution is 6.31. The standard InChI is InChI=1S/C18H22ClN/c1-3-11-20-18(16-9-6-7-14(2)12-16)13-15-8-4-5-10-17(15)19/h4-10,12,18,20H,3,11,13H2,1-2H3. The van der Waals surface area contributed by atoms with Gasteiger partial charge in [0.2, 0.25) is 0 Å². The topological polar surface area (TPSA) is 12.0 Å². The molecule has 2 aromatic rings. The van der Waals surface area contributed by atoms with Crippen molar-refractivity contribution in [3.05, 3.63) is 70.2 Å². The highest BCUT2D eigenvalue weighted by Crippen LogP contribution is 2.24. The summed E-state index contributed by atoms with van der Waals surface area (Å²) >= 11 is 6.29. The smallest absolute Gasteiger partial charge is 0.0438 e. The Morgan fingerprint density at radius 2 is 1.90 bits per heavy atom. The maximum Gasteiger partial charge on any atom is 0.0438 e. The fourth-order valence-corrected chi connectivity index (χ4v) is 2.61. The first-order chi connectivity index (χ1) is 9.70. The second-order valence-corrected chi connectivity index (χ2v) is 5.62. The van der Waals surface area contributed by atoms with Crippen LogP contribution in [0.15, 0.2) is 48.5 Å². The van der Waals surface area contributed by atoms with Gasteiger partial charge >= 0.3 is 0 Å². The van der Waals surface area contributed by atoms with E-state index in [1.165, 1.54) is 16.7 Å². The van der Waals surface area contributed by atoms with Crippen LogP contribution in [0.4, 0.5) is 0 Å². The van der Waals surface area contributed by atoms with E-state index in [0.717, 1.165) is 24.4 Å². The Bertz CT molecular complexity index is 551. The van der Waals surface area contributed by atoms with Gasteiger partial charge in [0, 0.05) is 11.1 Å². The van der Waals surface area contributed by atoms with Crippen molar-refractivity contribution in [2.45, 2.75) is 32.7 Å². The molecule has 0 aliphatic heterocycles. The molecule has 2 heteroatoms. The summed E-state index contributed by atoms with van der Waals surface area (Å²) in [6.45, 7) is 5.34. The number of nitrogens with one attached hydrogen (secondary N) is 1. The van der Waals surface area contributed by atoms with E-state index in [1.54, 1.807) is 0 Å². The van der Waals surface area contributed by atoms with Crippen molar-refractivity contribution in [1.29, 1.82) is 0 Å². The SMILES string of the molecule is CCCNC(Cc1ccccc1Cl)c1cccc(C)c1. The Hall–Kier alpha value is -1.31. The second-order valence-electron chi connectivity index (χ2n) is 5.22. The molecule has 0 saturated heterocycles. The van der Waals surface area contributed by atoms with Crippen LogP contribution < -0.4 is 5.32 Å². The summed E-state index contributed by atoms with van der Waals surface area (Å²) in [4.78, 5) is 0. The van der Waals surface area contributed by atoms with Crippen molar-refractivity contribution in [3.8, 4) is 0 Å². The van der Waals surface area contributed by atoms with Crippen LogP contribution in [0.1, 0.15) is 36.1 Å². The lowest BCUT2D eigenvalue weighted by atomic mass is 9.97. The minimum atomic E-state index is 0.315. The highest BCUT2D eigenvalue weighted by Gasteiger charge is 2.13. The second kappa shape index (κ2) is 7.47. The predicted molar refractivity (Wildman–Crippen MR) is 87.4 cm³/mol. The van der Waals surface area contributed by atoms with Crippen molar-refractivity contribution in [1.82, 2.24) is 5.32 Å². The van der Waals surface area contributed by atoms with Gasteiger partial charge in [0.15, 0.2) is 0 Å². The summed E-state index contributed by atoms with van der Waals surface area (Å²) < 4.78 is 0. The summed E-state index contributed by atoms with van der Waals surface area (Å²) in [5.41, 5.74) is 3.83. The molecule has 106 valence electrons. The van der Waals surface area contributed by atoms with Gasteiger partial charge in [-0.2, -0.15) is 0 Å². The van der Waals surface area contributed by atoms with Gasteiger partial charge in [-0.25, -0.2) is 0 Å². The van der Waals surface area contributed by atoms with Crippen LogP contribution in [-0.4, -0.2) is 6.54 Å². The minimum Gasteiger partial charge on any atom is -0.310 e. The first kappa shape index (κ1) is 15.1. The maximum absolute atomic E-state index is 6.29. The Morgan fingerprint density at radius 1 is 1.10 bits per heavy atom. The largest absolute Gasteiger partial charge is 0.310 e. The van der Waals surface area contributed by atoms with Gasteiger partial charge < -0.3 is 5.32 Å². The number of benzene rings is 2. The molecule has 0 amide bonds. The molecule has 2 rings (SSSR count). The van der Waals surface area contributed by atoms with E-state index in [2.05, 4.69) is 49.5 Å². The first-order valence-corrected chi connectivity index (χ1v) is 7.62. The van der Waals surface area contributed by atoms with Crippen LogP contribution in [0.3, 0.4) is 0 Å². The van der Waals surface area contributed by atoms with E-state index in [-0.39, 0.29) is 0 Å². The zero-order valence-electron chi connectivity index (χ0n) is 12.2. The third kappa shape index (κ3) is 4.09. The monoisotopic (exact) mass is 287 g/mol. The summed E-state index contributed by atoms with van der Waals surface area (Å²) in [6.07, 6.45) is 2.05. The molecule has 0 radical (unpaired) electrons. The van der Waals surface area contributed by atoms with Crippen LogP contribution >= 0.6 is 11.6 Å². The van der Waals surface area contributed by atoms with E-state index in [4.69, 9.17) is 11.6 Å². The molecular formula is C18H22ClN. The Balaban J connectivity index is 2.21. The normalized spacial score (nSPS) is 12.3. The van der Waals surface area contributed by atoms with E-state index in [1.807, 2.05) is 18.2 Å². The van der Waals surface area contributed by atoms with Gasteiger partial charge in [-0.3, -0.25) is 0 Å². The molecule has 0 heterocycles. The Morgan fingerprint density at radius 3 is 2.60 bits per heavy atom. The van der Waals surface area contributed by atoms with Gasteiger partial charge in [0.1, 0.15) is 0 Å². The lowest BCUT2D eigenvalue weighted by Gasteiger charge is -2.20. The van der Waals surface area contributed by atoms with Crippen molar-refractivity contribution in [2.24, 2.45) is 0 Å². The molecule has 0 bridgehead atoms. The van der Waals surface area contributed by atoms with Crippen LogP contribution in [0.2, 0.25) is 5.02 Å². The maximum atomic E-state index is 6.29. The fourth-order valence-electron chi connectivity index (χ4n) is 2.40. The molecule has 2 aromatic carbocycles. The van der Waals surface area contributed by atoms with Crippen molar-refractivity contribution in [2.75, 3.05) is 6.54 Å². The molecule has 0 fully saturated rings. The van der Waals surface area contributed by atoms with Gasteiger partial charge in [-0.05, 0) is 43.5 Å². The Kier molecular flexibility index (Phi) is 5.63. The van der Waals surface area contributed by atoms with E-state index >= 15 is 0 Å². The van der Waals surface area contributed by atoms with Crippen molar-refractivity contribution < 1.29 is 0 Å². The minimum absolute atomic E-state index is 0.315. The molecule has 1 nitrogen and oxygen atoms in total. The average molecular weight is 288 g/mol. The summed E-state index contributed by atoms with van der Waals surface area (Å²) in [6, 6.07) is 17.1. The first-order valence-electron chi connectivity index (χ1n) is 7.24. The molecule has 1 atom stereocenters. The number of aryl methyl sites for hydroxylation is 1. The zero-order valence-corrected chi connectivity index (χ0v) is 13.0. The molecule has 1 N–H and O–H groups in total. The van der Waals surface area contributed by atoms with Gasteiger partial charge in [-0.15, -0.1) is 0 Å². The number of halogens is 1. The van der Waals surface area contributed by atoms with Crippen molar-refractivity contribution in [3.63, 3.8) is 0 Å². The molecular weight excluding hydrogens is 266 g/mol.